The summed E-state index contributed by atoms with van der Waals surface area (Å²) in [5.41, 5.74) is -0.0652. The summed E-state index contributed by atoms with van der Waals surface area (Å²) in [6.07, 6.45) is -0.357. The standard InChI is InChI=1S/C20H31N3O5S/c1-14-11-23(12-15(2)28-14)29(26,27)17-9-7-16(8-10-17)19(25)22(6)13-18(24)21-20(3,4)5/h7-10,14-15H,11-13H2,1-6H3,(H,21,24)/t14-,15-/m0/s1. The molecule has 0 aromatic heterocycles. The first kappa shape index (κ1) is 23.3. The number of nitrogens with zero attached hydrogens (tertiary/aromatic N) is 2. The smallest absolute Gasteiger partial charge is 0.254 e. The number of hydrogen-bond acceptors (Lipinski definition) is 5. The lowest BCUT2D eigenvalue weighted by atomic mass is 10.1. The Morgan fingerprint density at radius 3 is 2.14 bits per heavy atom. The fourth-order valence-electron chi connectivity index (χ4n) is 3.21. The van der Waals surface area contributed by atoms with Crippen LogP contribution in [-0.2, 0) is 19.6 Å². The number of carbonyl (C=O) groups excluding carboxylic acids is 2. The van der Waals surface area contributed by atoms with Gasteiger partial charge >= 0.3 is 0 Å². The minimum Gasteiger partial charge on any atom is -0.373 e. The molecule has 1 saturated heterocycles. The Kier molecular flexibility index (Phi) is 7.08. The fourth-order valence-corrected chi connectivity index (χ4v) is 4.80. The van der Waals surface area contributed by atoms with E-state index in [9.17, 15) is 18.0 Å². The van der Waals surface area contributed by atoms with Gasteiger partial charge in [0.2, 0.25) is 15.9 Å². The summed E-state index contributed by atoms with van der Waals surface area (Å²) in [7, 11) is -2.13. The van der Waals surface area contributed by atoms with E-state index in [0.29, 0.717) is 18.7 Å². The molecule has 1 heterocycles. The molecule has 1 aromatic rings. The van der Waals surface area contributed by atoms with Gasteiger partial charge in [0.25, 0.3) is 5.91 Å². The summed E-state index contributed by atoms with van der Waals surface area (Å²) < 4.78 is 32.8. The van der Waals surface area contributed by atoms with E-state index < -0.39 is 10.0 Å². The SMILES string of the molecule is C[C@H]1CN(S(=O)(=O)c2ccc(C(=O)N(C)CC(=O)NC(C)(C)C)cc2)C[C@H](C)O1. The van der Waals surface area contributed by atoms with Gasteiger partial charge in [-0.2, -0.15) is 4.31 Å². The first-order valence-corrected chi connectivity index (χ1v) is 11.1. The van der Waals surface area contributed by atoms with Crippen molar-refractivity contribution in [2.75, 3.05) is 26.7 Å². The molecule has 0 saturated carbocycles. The summed E-state index contributed by atoms with van der Waals surface area (Å²) in [5.74, 6) is -0.616. The molecule has 1 aliphatic heterocycles. The Morgan fingerprint density at radius 2 is 1.66 bits per heavy atom. The van der Waals surface area contributed by atoms with Gasteiger partial charge in [-0.3, -0.25) is 9.59 Å². The first-order valence-electron chi connectivity index (χ1n) is 9.62. The molecule has 1 aromatic carbocycles. The minimum absolute atomic E-state index is 0.0836. The number of sulfonamides is 1. The van der Waals surface area contributed by atoms with Crippen molar-refractivity contribution >= 4 is 21.8 Å². The molecule has 2 atom stereocenters. The third kappa shape index (κ3) is 6.25. The van der Waals surface area contributed by atoms with E-state index in [1.165, 1.54) is 40.5 Å². The highest BCUT2D eigenvalue weighted by molar-refractivity contribution is 7.89. The van der Waals surface area contributed by atoms with Crippen LogP contribution in [-0.4, -0.2) is 73.9 Å². The number of hydrogen-bond donors (Lipinski definition) is 1. The second-order valence-electron chi connectivity index (χ2n) is 8.56. The third-order valence-electron chi connectivity index (χ3n) is 4.37. The van der Waals surface area contributed by atoms with Crippen LogP contribution in [0.4, 0.5) is 0 Å². The number of benzene rings is 1. The van der Waals surface area contributed by atoms with Gasteiger partial charge in [0.1, 0.15) is 0 Å². The maximum Gasteiger partial charge on any atom is 0.254 e. The van der Waals surface area contributed by atoms with Gasteiger partial charge in [0, 0.05) is 31.2 Å². The predicted molar refractivity (Wildman–Crippen MR) is 110 cm³/mol. The second kappa shape index (κ2) is 8.81. The van der Waals surface area contributed by atoms with Gasteiger partial charge in [-0.25, -0.2) is 8.42 Å². The zero-order valence-electron chi connectivity index (χ0n) is 17.9. The fraction of sp³-hybridized carbons (Fsp3) is 0.600. The molecule has 1 fully saturated rings. The highest BCUT2D eigenvalue weighted by Crippen LogP contribution is 2.21. The number of ether oxygens (including phenoxy) is 1. The second-order valence-corrected chi connectivity index (χ2v) is 10.5. The van der Waals surface area contributed by atoms with Crippen molar-refractivity contribution in [3.63, 3.8) is 0 Å². The lowest BCUT2D eigenvalue weighted by molar-refractivity contribution is -0.122. The zero-order valence-corrected chi connectivity index (χ0v) is 18.7. The summed E-state index contributed by atoms with van der Waals surface area (Å²) in [6, 6.07) is 5.80. The molecule has 2 rings (SSSR count). The van der Waals surface area contributed by atoms with Crippen molar-refractivity contribution in [1.29, 1.82) is 0 Å². The lowest BCUT2D eigenvalue weighted by Crippen LogP contribution is -2.48. The van der Waals surface area contributed by atoms with Gasteiger partial charge in [-0.1, -0.05) is 0 Å². The average Bonchev–Trinajstić information content (AvgIpc) is 2.58. The highest BCUT2D eigenvalue weighted by atomic mass is 32.2. The Hall–Kier alpha value is -1.97. The topological polar surface area (TPSA) is 96.0 Å². The monoisotopic (exact) mass is 425 g/mol. The van der Waals surface area contributed by atoms with E-state index >= 15 is 0 Å². The van der Waals surface area contributed by atoms with Crippen LogP contribution in [0, 0.1) is 0 Å². The number of rotatable bonds is 5. The van der Waals surface area contributed by atoms with Crippen LogP contribution in [0.25, 0.3) is 0 Å². The van der Waals surface area contributed by atoms with Gasteiger partial charge in [0.05, 0.1) is 23.6 Å². The maximum absolute atomic E-state index is 12.9. The Morgan fingerprint density at radius 1 is 1.14 bits per heavy atom. The third-order valence-corrected chi connectivity index (χ3v) is 6.21. The number of likely N-dealkylation sites (N-methyl/N-ethyl adjacent to an activating group) is 1. The van der Waals surface area contributed by atoms with E-state index in [-0.39, 0.29) is 41.0 Å². The lowest BCUT2D eigenvalue weighted by Gasteiger charge is -2.34. The molecule has 162 valence electrons. The van der Waals surface area contributed by atoms with Crippen LogP contribution in [0.15, 0.2) is 29.2 Å². The van der Waals surface area contributed by atoms with E-state index in [4.69, 9.17) is 4.74 Å². The van der Waals surface area contributed by atoms with E-state index in [1.807, 2.05) is 34.6 Å². The van der Waals surface area contributed by atoms with Crippen LogP contribution in [0.3, 0.4) is 0 Å². The quantitative estimate of drug-likeness (QED) is 0.771. The molecular weight excluding hydrogens is 394 g/mol. The van der Waals surface area contributed by atoms with Crippen molar-refractivity contribution in [3.8, 4) is 0 Å². The van der Waals surface area contributed by atoms with E-state index in [0.717, 1.165) is 0 Å². The Balaban J connectivity index is 2.09. The van der Waals surface area contributed by atoms with Crippen molar-refractivity contribution in [3.05, 3.63) is 29.8 Å². The van der Waals surface area contributed by atoms with Crippen LogP contribution in [0.2, 0.25) is 0 Å². The van der Waals surface area contributed by atoms with Crippen molar-refractivity contribution < 1.29 is 22.7 Å². The summed E-state index contributed by atoms with van der Waals surface area (Å²) >= 11 is 0. The van der Waals surface area contributed by atoms with Gasteiger partial charge in [-0.15, -0.1) is 0 Å². The number of nitrogens with one attached hydrogen (secondary N) is 1. The van der Waals surface area contributed by atoms with E-state index in [1.54, 1.807) is 0 Å². The molecule has 9 heteroatoms. The number of morpholine rings is 1. The Bertz CT molecular complexity index is 836. The Labute approximate surface area is 173 Å². The largest absolute Gasteiger partial charge is 0.373 e. The van der Waals surface area contributed by atoms with Crippen molar-refractivity contribution in [1.82, 2.24) is 14.5 Å². The van der Waals surface area contributed by atoms with Crippen LogP contribution in [0.1, 0.15) is 45.0 Å². The van der Waals surface area contributed by atoms with Crippen molar-refractivity contribution in [2.24, 2.45) is 0 Å². The molecule has 1 N–H and O–H groups in total. The number of carbonyl (C=O) groups is 2. The van der Waals surface area contributed by atoms with Crippen LogP contribution < -0.4 is 5.32 Å². The normalized spacial score (nSPS) is 20.9. The summed E-state index contributed by atoms with van der Waals surface area (Å²) in [5, 5.41) is 2.80. The summed E-state index contributed by atoms with van der Waals surface area (Å²) in [4.78, 5) is 26.0. The van der Waals surface area contributed by atoms with E-state index in [2.05, 4.69) is 5.32 Å². The first-order chi connectivity index (χ1) is 13.3. The molecule has 0 aliphatic carbocycles. The highest BCUT2D eigenvalue weighted by Gasteiger charge is 2.32. The molecule has 1 aliphatic rings. The molecule has 2 amide bonds. The number of amides is 2. The molecule has 0 unspecified atom stereocenters. The average molecular weight is 426 g/mol. The molecule has 0 spiro atoms. The van der Waals surface area contributed by atoms with Gasteiger partial charge < -0.3 is 15.0 Å². The predicted octanol–water partition coefficient (Wildman–Crippen LogP) is 1.47. The van der Waals surface area contributed by atoms with Crippen molar-refractivity contribution in [2.45, 2.75) is 57.3 Å². The van der Waals surface area contributed by atoms with Crippen LogP contribution >= 0.6 is 0 Å². The maximum atomic E-state index is 12.9. The minimum atomic E-state index is -3.67. The summed E-state index contributed by atoms with van der Waals surface area (Å²) in [6.45, 7) is 9.76. The van der Waals surface area contributed by atoms with Gasteiger partial charge in [0.15, 0.2) is 0 Å². The molecule has 0 radical (unpaired) electrons. The molecule has 0 bridgehead atoms. The van der Waals surface area contributed by atoms with Crippen LogP contribution in [0.5, 0.6) is 0 Å². The van der Waals surface area contributed by atoms with Gasteiger partial charge in [-0.05, 0) is 58.9 Å². The zero-order chi connectivity index (χ0) is 22.0. The molecule has 29 heavy (non-hydrogen) atoms. The molecular formula is C20H31N3O5S. The molecule has 8 nitrogen and oxygen atoms in total.